The lowest BCUT2D eigenvalue weighted by Crippen LogP contribution is -2.57. The molecule has 0 spiro atoms. The monoisotopic (exact) mass is 450 g/mol. The Morgan fingerprint density at radius 3 is 2.03 bits per heavy atom. The van der Waals surface area contributed by atoms with Gasteiger partial charge in [-0.25, -0.2) is 0 Å². The zero-order chi connectivity index (χ0) is 23.8. The molecule has 0 amide bonds. The third-order valence-electron chi connectivity index (χ3n) is 6.23. The van der Waals surface area contributed by atoms with Gasteiger partial charge in [-0.15, -0.1) is 0 Å². The highest BCUT2D eigenvalue weighted by Gasteiger charge is 2.52. The quantitative estimate of drug-likeness (QED) is 0.492. The smallest absolute Gasteiger partial charge is 0.463 e. The molecule has 0 aliphatic carbocycles. The largest absolute Gasteiger partial charge is 0.494 e. The van der Waals surface area contributed by atoms with Crippen LogP contribution >= 0.6 is 0 Å². The third kappa shape index (κ3) is 4.99. The highest BCUT2D eigenvalue weighted by molar-refractivity contribution is 6.62. The van der Waals surface area contributed by atoms with Gasteiger partial charge in [-0.05, 0) is 38.7 Å². The van der Waals surface area contributed by atoms with Crippen molar-refractivity contribution in [3.05, 3.63) is 29.8 Å². The fourth-order valence-corrected chi connectivity index (χ4v) is 3.71. The van der Waals surface area contributed by atoms with Crippen LogP contribution in [0.2, 0.25) is 0 Å². The first-order valence-corrected chi connectivity index (χ1v) is 10.6. The molecule has 1 aromatic carbocycles. The van der Waals surface area contributed by atoms with Gasteiger partial charge in [0.15, 0.2) is 6.10 Å². The van der Waals surface area contributed by atoms with Crippen LogP contribution in [0, 0.1) is 0 Å². The van der Waals surface area contributed by atoms with Crippen molar-refractivity contribution < 1.29 is 43.3 Å². The highest BCUT2D eigenvalue weighted by atomic mass is 16.7. The van der Waals surface area contributed by atoms with Gasteiger partial charge >= 0.3 is 19.1 Å². The number of esters is 2. The maximum Gasteiger partial charge on any atom is 0.494 e. The summed E-state index contributed by atoms with van der Waals surface area (Å²) in [6.07, 6.45) is -5.85. The van der Waals surface area contributed by atoms with Crippen LogP contribution in [0.3, 0.4) is 0 Å². The summed E-state index contributed by atoms with van der Waals surface area (Å²) in [5.74, 6) is -1.19. The fourth-order valence-electron chi connectivity index (χ4n) is 3.71. The zero-order valence-electron chi connectivity index (χ0n) is 19.2. The standard InChI is InChI=1S/C22H31BO9/c1-12(24)28-11-16-20(29-13(2)25)18(27)17(26)19(30-16)14-7-9-15(10-8-14)23-31-21(3,4)22(5,6)32-23/h7-10,16-20,26-27H,11H2,1-6H3. The summed E-state index contributed by atoms with van der Waals surface area (Å²) >= 11 is 0. The Morgan fingerprint density at radius 2 is 1.53 bits per heavy atom. The Kier molecular flexibility index (Phi) is 7.02. The average Bonchev–Trinajstić information content (AvgIpc) is 2.92. The van der Waals surface area contributed by atoms with Gasteiger partial charge in [-0.1, -0.05) is 24.3 Å². The van der Waals surface area contributed by atoms with E-state index in [-0.39, 0.29) is 6.61 Å². The van der Waals surface area contributed by atoms with E-state index in [1.54, 1.807) is 24.3 Å². The SMILES string of the molecule is CC(=O)OCC1OC(c2ccc(B3OC(C)(C)C(C)(C)O3)cc2)C(O)C(O)C1OC(C)=O. The van der Waals surface area contributed by atoms with Crippen LogP contribution in [0.15, 0.2) is 24.3 Å². The number of aliphatic hydroxyl groups excluding tert-OH is 2. The fraction of sp³-hybridized carbons (Fsp3) is 0.636. The molecule has 1 aromatic rings. The second-order valence-corrected chi connectivity index (χ2v) is 9.21. The molecular weight excluding hydrogens is 419 g/mol. The van der Waals surface area contributed by atoms with Crippen LogP contribution in [-0.2, 0) is 33.1 Å². The van der Waals surface area contributed by atoms with Crippen LogP contribution in [0.1, 0.15) is 53.2 Å². The molecule has 0 aromatic heterocycles. The van der Waals surface area contributed by atoms with E-state index in [0.29, 0.717) is 5.56 Å². The molecule has 2 saturated heterocycles. The number of benzene rings is 1. The highest BCUT2D eigenvalue weighted by Crippen LogP contribution is 2.37. The number of aliphatic hydroxyl groups is 2. The molecule has 2 heterocycles. The van der Waals surface area contributed by atoms with E-state index in [0.717, 1.165) is 5.46 Å². The van der Waals surface area contributed by atoms with E-state index in [1.807, 2.05) is 27.7 Å². The summed E-state index contributed by atoms with van der Waals surface area (Å²) in [5.41, 5.74) is 0.441. The van der Waals surface area contributed by atoms with Gasteiger partial charge in [-0.3, -0.25) is 9.59 Å². The first-order chi connectivity index (χ1) is 14.8. The van der Waals surface area contributed by atoms with Gasteiger partial charge in [0.05, 0.1) is 11.2 Å². The molecule has 2 aliphatic heterocycles. The number of carbonyl (C=O) groups excluding carboxylic acids is 2. The minimum absolute atomic E-state index is 0.237. The lowest BCUT2D eigenvalue weighted by Gasteiger charge is -2.42. The van der Waals surface area contributed by atoms with Crippen molar-refractivity contribution >= 4 is 24.5 Å². The van der Waals surface area contributed by atoms with Crippen LogP contribution in [-0.4, -0.2) is 71.5 Å². The molecule has 2 fully saturated rings. The molecule has 5 unspecified atom stereocenters. The molecule has 176 valence electrons. The summed E-state index contributed by atoms with van der Waals surface area (Å²) in [4.78, 5) is 22.7. The van der Waals surface area contributed by atoms with Gasteiger partial charge in [0, 0.05) is 13.8 Å². The number of carbonyl (C=O) groups is 2. The van der Waals surface area contributed by atoms with Crippen molar-refractivity contribution in [2.75, 3.05) is 6.61 Å². The Morgan fingerprint density at radius 1 is 0.969 bits per heavy atom. The van der Waals surface area contributed by atoms with Crippen molar-refractivity contribution in [2.24, 2.45) is 0 Å². The van der Waals surface area contributed by atoms with E-state index >= 15 is 0 Å². The second-order valence-electron chi connectivity index (χ2n) is 9.21. The summed E-state index contributed by atoms with van der Waals surface area (Å²) in [5, 5.41) is 21.3. The molecule has 2 N–H and O–H groups in total. The summed E-state index contributed by atoms with van der Waals surface area (Å²) in [6, 6.07) is 7.10. The normalized spacial score (nSPS) is 31.2. The minimum Gasteiger partial charge on any atom is -0.463 e. The molecule has 3 rings (SSSR count). The van der Waals surface area contributed by atoms with Gasteiger partial charge in [-0.2, -0.15) is 0 Å². The van der Waals surface area contributed by atoms with Crippen LogP contribution in [0.4, 0.5) is 0 Å². The molecule has 0 saturated carbocycles. The number of ether oxygens (including phenoxy) is 3. The van der Waals surface area contributed by atoms with Crippen LogP contribution in [0.25, 0.3) is 0 Å². The third-order valence-corrected chi connectivity index (χ3v) is 6.23. The lowest BCUT2D eigenvalue weighted by atomic mass is 9.78. The van der Waals surface area contributed by atoms with Crippen molar-refractivity contribution in [1.29, 1.82) is 0 Å². The second kappa shape index (κ2) is 9.11. The lowest BCUT2D eigenvalue weighted by molar-refractivity contribution is -0.242. The molecular formula is C22H31BO9. The van der Waals surface area contributed by atoms with E-state index in [9.17, 15) is 19.8 Å². The molecule has 0 bridgehead atoms. The van der Waals surface area contributed by atoms with Crippen LogP contribution in [0.5, 0.6) is 0 Å². The Bertz CT molecular complexity index is 822. The average molecular weight is 450 g/mol. The minimum atomic E-state index is -1.43. The molecule has 32 heavy (non-hydrogen) atoms. The van der Waals surface area contributed by atoms with Crippen molar-refractivity contribution in [3.63, 3.8) is 0 Å². The number of hydrogen-bond donors (Lipinski definition) is 2. The van der Waals surface area contributed by atoms with Crippen LogP contribution < -0.4 is 5.46 Å². The first kappa shape index (κ1) is 24.7. The Labute approximate surface area is 188 Å². The Balaban J connectivity index is 1.79. The molecule has 2 aliphatic rings. The summed E-state index contributed by atoms with van der Waals surface area (Å²) in [7, 11) is -0.540. The molecule has 9 nitrogen and oxygen atoms in total. The molecule has 0 radical (unpaired) electrons. The van der Waals surface area contributed by atoms with Gasteiger partial charge in [0.25, 0.3) is 0 Å². The zero-order valence-corrected chi connectivity index (χ0v) is 19.2. The molecule has 10 heteroatoms. The predicted octanol–water partition coefficient (Wildman–Crippen LogP) is 0.642. The van der Waals surface area contributed by atoms with E-state index in [2.05, 4.69) is 0 Å². The van der Waals surface area contributed by atoms with Crippen molar-refractivity contribution in [2.45, 2.75) is 83.3 Å². The number of hydrogen-bond acceptors (Lipinski definition) is 9. The first-order valence-electron chi connectivity index (χ1n) is 10.6. The van der Waals surface area contributed by atoms with E-state index in [4.69, 9.17) is 23.5 Å². The van der Waals surface area contributed by atoms with Gasteiger partial charge < -0.3 is 33.7 Å². The summed E-state index contributed by atoms with van der Waals surface area (Å²) in [6.45, 7) is 10.1. The van der Waals surface area contributed by atoms with Crippen molar-refractivity contribution in [3.8, 4) is 0 Å². The predicted molar refractivity (Wildman–Crippen MR) is 114 cm³/mol. The van der Waals surface area contributed by atoms with E-state index in [1.165, 1.54) is 13.8 Å². The topological polar surface area (TPSA) is 121 Å². The summed E-state index contributed by atoms with van der Waals surface area (Å²) < 4.78 is 28.2. The van der Waals surface area contributed by atoms with Crippen molar-refractivity contribution in [1.82, 2.24) is 0 Å². The Hall–Kier alpha value is -1.98. The maximum atomic E-state index is 11.5. The number of rotatable bonds is 5. The van der Waals surface area contributed by atoms with Gasteiger partial charge in [0.1, 0.15) is 31.0 Å². The van der Waals surface area contributed by atoms with Gasteiger partial charge in [0.2, 0.25) is 0 Å². The maximum absolute atomic E-state index is 11.5. The molecule has 5 atom stereocenters. The van der Waals surface area contributed by atoms with E-state index < -0.39 is 60.8 Å².